The zero-order valence-corrected chi connectivity index (χ0v) is 15.6. The predicted molar refractivity (Wildman–Crippen MR) is 102 cm³/mol. The Morgan fingerprint density at radius 3 is 2.52 bits per heavy atom. The highest BCUT2D eigenvalue weighted by Gasteiger charge is 2.12. The van der Waals surface area contributed by atoms with Crippen molar-refractivity contribution in [3.8, 4) is 11.5 Å². The molecule has 2 aromatic rings. The number of nitrogens with zero attached hydrogens (tertiary/aromatic N) is 2. The second-order valence-corrected chi connectivity index (χ2v) is 5.98. The van der Waals surface area contributed by atoms with Crippen molar-refractivity contribution in [2.75, 3.05) is 7.11 Å². The Bertz CT molecular complexity index is 877. The van der Waals surface area contributed by atoms with Gasteiger partial charge in [0.25, 0.3) is 11.6 Å². The summed E-state index contributed by atoms with van der Waals surface area (Å²) in [5, 5.41) is 14.9. The topological polar surface area (TPSA) is 103 Å². The number of rotatable bonds is 7. The van der Waals surface area contributed by atoms with E-state index in [-0.39, 0.29) is 11.8 Å². The molecule has 27 heavy (non-hydrogen) atoms. The maximum atomic E-state index is 12.3. The van der Waals surface area contributed by atoms with Gasteiger partial charge in [0.05, 0.1) is 23.8 Å². The summed E-state index contributed by atoms with van der Waals surface area (Å²) in [5.74, 6) is 0.547. The van der Waals surface area contributed by atoms with Gasteiger partial charge in [-0.2, -0.15) is 5.10 Å². The number of carbonyl (C=O) groups is 1. The van der Waals surface area contributed by atoms with Gasteiger partial charge in [0.15, 0.2) is 11.5 Å². The van der Waals surface area contributed by atoms with Crippen molar-refractivity contribution >= 4 is 17.3 Å². The van der Waals surface area contributed by atoms with Crippen LogP contribution in [0.15, 0.2) is 47.6 Å². The quantitative estimate of drug-likeness (QED) is 0.455. The van der Waals surface area contributed by atoms with E-state index in [1.165, 1.54) is 19.2 Å². The largest absolute Gasteiger partial charge is 0.493 e. The minimum atomic E-state index is -0.484. The summed E-state index contributed by atoms with van der Waals surface area (Å²) >= 11 is 0. The molecule has 2 aromatic carbocycles. The van der Waals surface area contributed by atoms with Crippen LogP contribution in [-0.4, -0.2) is 29.8 Å². The molecular weight excluding hydrogens is 350 g/mol. The van der Waals surface area contributed by atoms with E-state index in [1.807, 2.05) is 13.8 Å². The maximum absolute atomic E-state index is 12.3. The predicted octanol–water partition coefficient (Wildman–Crippen LogP) is 3.54. The number of hydrazone groups is 1. The van der Waals surface area contributed by atoms with E-state index < -0.39 is 10.8 Å². The molecule has 0 atom stereocenters. The molecule has 0 unspecified atom stereocenters. The Kier molecular flexibility index (Phi) is 6.48. The van der Waals surface area contributed by atoms with Crippen LogP contribution in [0.1, 0.15) is 36.7 Å². The van der Waals surface area contributed by atoms with Crippen LogP contribution in [0.5, 0.6) is 11.5 Å². The standard InChI is InChI=1S/C19H21N3O5/c1-12(2)27-17-9-8-15(11-18(17)26-4)19(23)21-20-13(3)14-6-5-7-16(10-14)22(24)25/h5-12H,1-4H3,(H,21,23)/b20-13+. The zero-order valence-electron chi connectivity index (χ0n) is 15.6. The molecule has 0 heterocycles. The number of ether oxygens (including phenoxy) is 2. The minimum absolute atomic E-state index is 0.0271. The van der Waals surface area contributed by atoms with Gasteiger partial charge in [0.1, 0.15) is 0 Å². The van der Waals surface area contributed by atoms with Crippen LogP contribution < -0.4 is 14.9 Å². The van der Waals surface area contributed by atoms with E-state index in [4.69, 9.17) is 9.47 Å². The summed E-state index contributed by atoms with van der Waals surface area (Å²) in [6.45, 7) is 5.44. The third-order valence-electron chi connectivity index (χ3n) is 3.59. The number of nitro groups is 1. The molecule has 0 aliphatic heterocycles. The fourth-order valence-corrected chi connectivity index (χ4v) is 2.27. The fourth-order valence-electron chi connectivity index (χ4n) is 2.27. The molecule has 1 N–H and O–H groups in total. The molecule has 0 spiro atoms. The zero-order chi connectivity index (χ0) is 20.0. The molecule has 8 heteroatoms. The van der Waals surface area contributed by atoms with Crippen LogP contribution in [0.3, 0.4) is 0 Å². The van der Waals surface area contributed by atoms with Crippen LogP contribution >= 0.6 is 0 Å². The molecule has 142 valence electrons. The number of methoxy groups -OCH3 is 1. The van der Waals surface area contributed by atoms with Crippen molar-refractivity contribution in [1.29, 1.82) is 0 Å². The van der Waals surface area contributed by atoms with E-state index in [0.717, 1.165) is 0 Å². The van der Waals surface area contributed by atoms with Gasteiger partial charge >= 0.3 is 0 Å². The number of nitro benzene ring substituents is 1. The summed E-state index contributed by atoms with van der Waals surface area (Å²) in [6, 6.07) is 10.9. The number of carbonyl (C=O) groups excluding carboxylic acids is 1. The maximum Gasteiger partial charge on any atom is 0.271 e. The Morgan fingerprint density at radius 1 is 1.15 bits per heavy atom. The smallest absolute Gasteiger partial charge is 0.271 e. The van der Waals surface area contributed by atoms with Crippen molar-refractivity contribution in [3.05, 3.63) is 63.7 Å². The summed E-state index contributed by atoms with van der Waals surface area (Å²) < 4.78 is 10.9. The number of nitrogens with one attached hydrogen (secondary N) is 1. The van der Waals surface area contributed by atoms with E-state index in [9.17, 15) is 14.9 Å². The van der Waals surface area contributed by atoms with Crippen molar-refractivity contribution in [2.45, 2.75) is 26.9 Å². The molecule has 0 aliphatic rings. The molecular formula is C19H21N3O5. The lowest BCUT2D eigenvalue weighted by atomic mass is 10.1. The Hall–Kier alpha value is -3.42. The number of hydrogen-bond acceptors (Lipinski definition) is 6. The first-order valence-electron chi connectivity index (χ1n) is 8.26. The summed E-state index contributed by atoms with van der Waals surface area (Å²) in [6.07, 6.45) is -0.0271. The lowest BCUT2D eigenvalue weighted by molar-refractivity contribution is -0.384. The van der Waals surface area contributed by atoms with Gasteiger partial charge in [0, 0.05) is 23.3 Å². The SMILES string of the molecule is COc1cc(C(=O)N/N=C(\C)c2cccc([N+](=O)[O-])c2)ccc1OC(C)C. The number of amides is 1. The van der Waals surface area contributed by atoms with Crippen LogP contribution in [0.4, 0.5) is 5.69 Å². The van der Waals surface area contributed by atoms with Gasteiger partial charge in [-0.3, -0.25) is 14.9 Å². The van der Waals surface area contributed by atoms with E-state index in [0.29, 0.717) is 28.3 Å². The average molecular weight is 371 g/mol. The second-order valence-electron chi connectivity index (χ2n) is 5.98. The van der Waals surface area contributed by atoms with E-state index in [1.54, 1.807) is 37.3 Å². The molecule has 8 nitrogen and oxygen atoms in total. The summed E-state index contributed by atoms with van der Waals surface area (Å²) in [5.41, 5.74) is 3.73. The number of benzene rings is 2. The highest BCUT2D eigenvalue weighted by Crippen LogP contribution is 2.29. The van der Waals surface area contributed by atoms with Gasteiger partial charge in [-0.05, 0) is 39.0 Å². The Morgan fingerprint density at radius 2 is 1.89 bits per heavy atom. The third kappa shape index (κ3) is 5.27. The molecule has 0 bridgehead atoms. The molecule has 2 rings (SSSR count). The first kappa shape index (κ1) is 19.9. The molecule has 1 amide bonds. The molecule has 0 aromatic heterocycles. The molecule has 0 fully saturated rings. The van der Waals surface area contributed by atoms with Crippen LogP contribution in [-0.2, 0) is 0 Å². The van der Waals surface area contributed by atoms with Gasteiger partial charge in [0.2, 0.25) is 0 Å². The monoisotopic (exact) mass is 371 g/mol. The van der Waals surface area contributed by atoms with E-state index >= 15 is 0 Å². The van der Waals surface area contributed by atoms with Gasteiger partial charge in [-0.25, -0.2) is 5.43 Å². The fraction of sp³-hybridized carbons (Fsp3) is 0.263. The molecule has 0 saturated heterocycles. The van der Waals surface area contributed by atoms with Gasteiger partial charge in [-0.15, -0.1) is 0 Å². The average Bonchev–Trinajstić information content (AvgIpc) is 2.65. The molecule has 0 radical (unpaired) electrons. The highest BCUT2D eigenvalue weighted by molar-refractivity contribution is 6.01. The Labute approximate surface area is 157 Å². The van der Waals surface area contributed by atoms with Gasteiger partial charge < -0.3 is 9.47 Å². The first-order valence-corrected chi connectivity index (χ1v) is 8.26. The lowest BCUT2D eigenvalue weighted by Gasteiger charge is -2.14. The molecule has 0 aliphatic carbocycles. The van der Waals surface area contributed by atoms with Crippen molar-refractivity contribution in [2.24, 2.45) is 5.10 Å². The van der Waals surface area contributed by atoms with Crippen LogP contribution in [0.25, 0.3) is 0 Å². The van der Waals surface area contributed by atoms with Crippen LogP contribution in [0.2, 0.25) is 0 Å². The number of non-ortho nitro benzene ring substituents is 1. The van der Waals surface area contributed by atoms with Crippen molar-refractivity contribution < 1.29 is 19.2 Å². The molecule has 0 saturated carbocycles. The second kappa shape index (κ2) is 8.79. The Balaban J connectivity index is 2.15. The van der Waals surface area contributed by atoms with Crippen molar-refractivity contribution in [1.82, 2.24) is 5.43 Å². The van der Waals surface area contributed by atoms with Gasteiger partial charge in [-0.1, -0.05) is 12.1 Å². The van der Waals surface area contributed by atoms with E-state index in [2.05, 4.69) is 10.5 Å². The summed E-state index contributed by atoms with van der Waals surface area (Å²) in [7, 11) is 1.49. The minimum Gasteiger partial charge on any atom is -0.493 e. The number of hydrogen-bond donors (Lipinski definition) is 1. The normalized spacial score (nSPS) is 11.2. The third-order valence-corrected chi connectivity index (χ3v) is 3.59. The lowest BCUT2D eigenvalue weighted by Crippen LogP contribution is -2.19. The first-order chi connectivity index (χ1) is 12.8. The summed E-state index contributed by atoms with van der Waals surface area (Å²) in [4.78, 5) is 22.7. The highest BCUT2D eigenvalue weighted by atomic mass is 16.6. The van der Waals surface area contributed by atoms with Crippen LogP contribution in [0, 0.1) is 10.1 Å². The van der Waals surface area contributed by atoms with Crippen molar-refractivity contribution in [3.63, 3.8) is 0 Å².